The van der Waals surface area contributed by atoms with Crippen LogP contribution in [-0.2, 0) is 9.59 Å². The molecule has 0 atom stereocenters. The minimum absolute atomic E-state index is 0.0786. The molecule has 0 radical (unpaired) electrons. The minimum atomic E-state index is -1.19. The first-order chi connectivity index (χ1) is 8.49. The number of carboxylic acids is 1. The fourth-order valence-corrected chi connectivity index (χ4v) is 1.12. The van der Waals surface area contributed by atoms with Crippen LogP contribution >= 0.6 is 0 Å². The van der Waals surface area contributed by atoms with Crippen LogP contribution in [0, 0.1) is 0 Å². The first-order valence-electron chi connectivity index (χ1n) is 5.32. The van der Waals surface area contributed by atoms with E-state index in [-0.39, 0.29) is 6.10 Å². The molecular weight excluding hydrogens is 236 g/mol. The second-order valence-electron chi connectivity index (χ2n) is 3.68. The Balaban J connectivity index is 2.77. The zero-order valence-corrected chi connectivity index (χ0v) is 10.1. The Morgan fingerprint density at radius 2 is 2.17 bits per heavy atom. The van der Waals surface area contributed by atoms with Crippen LogP contribution < -0.4 is 10.1 Å². The third kappa shape index (κ3) is 4.65. The van der Waals surface area contributed by atoms with Crippen molar-refractivity contribution in [2.75, 3.05) is 5.32 Å². The molecule has 0 aliphatic rings. The van der Waals surface area contributed by atoms with Crippen molar-refractivity contribution in [2.45, 2.75) is 20.0 Å². The van der Waals surface area contributed by atoms with Crippen LogP contribution in [0.5, 0.6) is 5.88 Å². The number of nitrogens with one attached hydrogen (secondary N) is 1. The number of aromatic nitrogens is 1. The van der Waals surface area contributed by atoms with Crippen molar-refractivity contribution in [1.82, 2.24) is 4.98 Å². The van der Waals surface area contributed by atoms with Crippen molar-refractivity contribution >= 4 is 17.6 Å². The van der Waals surface area contributed by atoms with Crippen molar-refractivity contribution in [3.8, 4) is 5.88 Å². The molecule has 96 valence electrons. The van der Waals surface area contributed by atoms with E-state index in [1.54, 1.807) is 18.3 Å². The molecule has 0 saturated heterocycles. The number of carbonyl (C=O) groups excluding carboxylic acids is 1. The summed E-state index contributed by atoms with van der Waals surface area (Å²) >= 11 is 0. The van der Waals surface area contributed by atoms with Gasteiger partial charge in [-0.2, -0.15) is 0 Å². The molecule has 0 aliphatic carbocycles. The summed E-state index contributed by atoms with van der Waals surface area (Å²) < 4.78 is 5.41. The molecule has 0 unspecified atom stereocenters. The smallest absolute Gasteiger partial charge is 0.328 e. The molecule has 0 spiro atoms. The summed E-state index contributed by atoms with van der Waals surface area (Å²) in [5.74, 6) is -1.45. The van der Waals surface area contributed by atoms with Crippen LogP contribution in [0.2, 0.25) is 0 Å². The van der Waals surface area contributed by atoms with E-state index in [0.717, 1.165) is 12.2 Å². The number of rotatable bonds is 5. The summed E-state index contributed by atoms with van der Waals surface area (Å²) in [4.78, 5) is 25.7. The topological polar surface area (TPSA) is 88.5 Å². The lowest BCUT2D eigenvalue weighted by Gasteiger charge is -2.12. The third-order valence-electron chi connectivity index (χ3n) is 1.75. The second kappa shape index (κ2) is 6.39. The Bertz CT molecular complexity index is 469. The molecular formula is C12H14N2O4. The maximum atomic E-state index is 11.4. The Kier molecular flexibility index (Phi) is 4.86. The average Bonchev–Trinajstić information content (AvgIpc) is 2.28. The number of amides is 1. The Labute approximate surface area is 104 Å². The van der Waals surface area contributed by atoms with Gasteiger partial charge in [-0.1, -0.05) is 0 Å². The standard InChI is InChI=1S/C12H14N2O4/c1-8(2)18-12-9(4-3-7-13-12)14-10(15)5-6-11(16)17/h3-8H,1-2H3,(H,14,15)(H,16,17)/b6-5+. The normalized spacial score (nSPS) is 10.6. The maximum Gasteiger partial charge on any atom is 0.328 e. The van der Waals surface area contributed by atoms with E-state index in [0.29, 0.717) is 11.6 Å². The molecule has 2 N–H and O–H groups in total. The van der Waals surface area contributed by atoms with Crippen molar-refractivity contribution < 1.29 is 19.4 Å². The van der Waals surface area contributed by atoms with Gasteiger partial charge in [-0.15, -0.1) is 0 Å². The quantitative estimate of drug-likeness (QED) is 0.772. The van der Waals surface area contributed by atoms with Gasteiger partial charge in [-0.3, -0.25) is 4.79 Å². The molecule has 0 aromatic carbocycles. The van der Waals surface area contributed by atoms with Crippen molar-refractivity contribution in [3.05, 3.63) is 30.5 Å². The zero-order valence-electron chi connectivity index (χ0n) is 10.1. The first-order valence-corrected chi connectivity index (χ1v) is 5.32. The lowest BCUT2D eigenvalue weighted by atomic mass is 10.3. The molecule has 0 saturated carbocycles. The number of aliphatic carboxylic acids is 1. The van der Waals surface area contributed by atoms with Crippen LogP contribution in [0.15, 0.2) is 30.5 Å². The summed E-state index contributed by atoms with van der Waals surface area (Å²) in [6, 6.07) is 3.26. The van der Waals surface area contributed by atoms with E-state index in [1.807, 2.05) is 13.8 Å². The summed E-state index contributed by atoms with van der Waals surface area (Å²) in [6.07, 6.45) is 3.15. The number of anilines is 1. The van der Waals surface area contributed by atoms with E-state index in [2.05, 4.69) is 10.3 Å². The van der Waals surface area contributed by atoms with Gasteiger partial charge in [0, 0.05) is 18.3 Å². The van der Waals surface area contributed by atoms with Crippen molar-refractivity contribution in [2.24, 2.45) is 0 Å². The van der Waals surface area contributed by atoms with Crippen LogP contribution in [0.25, 0.3) is 0 Å². The van der Waals surface area contributed by atoms with Gasteiger partial charge in [0.15, 0.2) is 0 Å². The predicted molar refractivity (Wildman–Crippen MR) is 65.4 cm³/mol. The van der Waals surface area contributed by atoms with Gasteiger partial charge in [-0.05, 0) is 26.0 Å². The molecule has 6 nitrogen and oxygen atoms in total. The second-order valence-corrected chi connectivity index (χ2v) is 3.68. The van der Waals surface area contributed by atoms with Gasteiger partial charge in [-0.25, -0.2) is 9.78 Å². The summed E-state index contributed by atoms with van der Waals surface area (Å²) in [7, 11) is 0. The fourth-order valence-electron chi connectivity index (χ4n) is 1.12. The number of carbonyl (C=O) groups is 2. The van der Waals surface area contributed by atoms with E-state index in [9.17, 15) is 9.59 Å². The van der Waals surface area contributed by atoms with Gasteiger partial charge in [0.25, 0.3) is 0 Å². The average molecular weight is 250 g/mol. The largest absolute Gasteiger partial charge is 0.478 e. The Hall–Kier alpha value is -2.37. The van der Waals surface area contributed by atoms with Crippen molar-refractivity contribution in [3.63, 3.8) is 0 Å². The number of pyridine rings is 1. The highest BCUT2D eigenvalue weighted by atomic mass is 16.5. The molecule has 1 aromatic heterocycles. The van der Waals surface area contributed by atoms with Gasteiger partial charge in [0.1, 0.15) is 5.69 Å². The number of nitrogens with zero attached hydrogens (tertiary/aromatic N) is 1. The minimum Gasteiger partial charge on any atom is -0.478 e. The number of carboxylic acid groups (broad SMARTS) is 1. The molecule has 18 heavy (non-hydrogen) atoms. The molecule has 0 bridgehead atoms. The molecule has 1 rings (SSSR count). The van der Waals surface area contributed by atoms with Gasteiger partial charge in [0.2, 0.25) is 11.8 Å². The van der Waals surface area contributed by atoms with Gasteiger partial charge in [0.05, 0.1) is 6.10 Å². The van der Waals surface area contributed by atoms with Crippen LogP contribution in [0.4, 0.5) is 5.69 Å². The summed E-state index contributed by atoms with van der Waals surface area (Å²) in [5.41, 5.74) is 0.395. The molecule has 1 heterocycles. The number of ether oxygens (including phenoxy) is 1. The molecule has 1 amide bonds. The summed E-state index contributed by atoms with van der Waals surface area (Å²) in [6.45, 7) is 3.68. The van der Waals surface area contributed by atoms with Gasteiger partial charge >= 0.3 is 5.97 Å². The van der Waals surface area contributed by atoms with E-state index in [4.69, 9.17) is 9.84 Å². The maximum absolute atomic E-state index is 11.4. The highest BCUT2D eigenvalue weighted by molar-refractivity contribution is 6.02. The first kappa shape index (κ1) is 13.7. The Morgan fingerprint density at radius 1 is 1.44 bits per heavy atom. The van der Waals surface area contributed by atoms with Gasteiger partial charge < -0.3 is 15.2 Å². The van der Waals surface area contributed by atoms with Crippen LogP contribution in [0.3, 0.4) is 0 Å². The number of hydrogen-bond acceptors (Lipinski definition) is 4. The molecule has 0 fully saturated rings. The third-order valence-corrected chi connectivity index (χ3v) is 1.75. The monoisotopic (exact) mass is 250 g/mol. The van der Waals surface area contributed by atoms with E-state index < -0.39 is 11.9 Å². The van der Waals surface area contributed by atoms with E-state index in [1.165, 1.54) is 0 Å². The van der Waals surface area contributed by atoms with Crippen molar-refractivity contribution in [1.29, 1.82) is 0 Å². The lowest BCUT2D eigenvalue weighted by Crippen LogP contribution is -2.13. The van der Waals surface area contributed by atoms with Crippen LogP contribution in [0.1, 0.15) is 13.8 Å². The van der Waals surface area contributed by atoms with Crippen LogP contribution in [-0.4, -0.2) is 28.1 Å². The highest BCUT2D eigenvalue weighted by Gasteiger charge is 2.08. The SMILES string of the molecule is CC(C)Oc1ncccc1NC(=O)/C=C/C(=O)O. The summed E-state index contributed by atoms with van der Waals surface area (Å²) in [5, 5.41) is 10.9. The fraction of sp³-hybridized carbons (Fsp3) is 0.250. The zero-order chi connectivity index (χ0) is 13.5. The van der Waals surface area contributed by atoms with E-state index >= 15 is 0 Å². The Morgan fingerprint density at radius 3 is 2.78 bits per heavy atom. The highest BCUT2D eigenvalue weighted by Crippen LogP contribution is 2.21. The molecule has 0 aliphatic heterocycles. The predicted octanol–water partition coefficient (Wildman–Crippen LogP) is 1.45. The molecule has 6 heteroatoms. The lowest BCUT2D eigenvalue weighted by molar-refractivity contribution is -0.131. The molecule has 1 aromatic rings. The number of hydrogen-bond donors (Lipinski definition) is 2.